The third-order valence-electron chi connectivity index (χ3n) is 3.83. The van der Waals surface area contributed by atoms with E-state index in [-0.39, 0.29) is 10.5 Å². The van der Waals surface area contributed by atoms with E-state index in [1.54, 1.807) is 6.92 Å². The van der Waals surface area contributed by atoms with E-state index in [0.717, 1.165) is 5.01 Å². The molecule has 2 aromatic carbocycles. The number of azo groups is 1. The molecule has 1 aliphatic heterocycles. The molecule has 0 aliphatic carbocycles. The molecule has 0 saturated carbocycles. The van der Waals surface area contributed by atoms with Gasteiger partial charge in [0, 0.05) is 10.6 Å². The second-order valence-electron chi connectivity index (χ2n) is 5.86. The van der Waals surface area contributed by atoms with Crippen LogP contribution in [0.25, 0.3) is 0 Å². The van der Waals surface area contributed by atoms with Gasteiger partial charge in [-0.2, -0.15) is 20.3 Å². The third-order valence-corrected chi connectivity index (χ3v) is 5.01. The van der Waals surface area contributed by atoms with Gasteiger partial charge in [-0.25, -0.2) is 13.6 Å². The van der Waals surface area contributed by atoms with Gasteiger partial charge in [-0.1, -0.05) is 11.6 Å². The van der Waals surface area contributed by atoms with Crippen molar-refractivity contribution in [2.45, 2.75) is 17.9 Å². The number of amides is 2. The van der Waals surface area contributed by atoms with Crippen molar-refractivity contribution in [3.8, 4) is 0 Å². The van der Waals surface area contributed by atoms with Crippen molar-refractivity contribution in [2.75, 3.05) is 0 Å². The number of halogens is 1. The van der Waals surface area contributed by atoms with Crippen molar-refractivity contribution in [1.29, 1.82) is 0 Å². The number of carbonyl (C=O) groups is 2. The standard InChI is InChI=1S/C17H14ClN5O4S/c1-10-15(21-20-13-6-8-14(9-7-13)28(19,26)27)17(25)23(22-10)16(24)11-2-4-12(18)5-3-11/h2-9,15H,1H3,(H2,19,26,27). The molecule has 0 aromatic heterocycles. The SMILES string of the molecule is CC1=NN(C(=O)c2ccc(Cl)cc2)C(=O)C1N=Nc1ccc(S(N)(=O)=O)cc1. The number of benzene rings is 2. The van der Waals surface area contributed by atoms with Crippen LogP contribution in [0.1, 0.15) is 17.3 Å². The van der Waals surface area contributed by atoms with E-state index in [1.165, 1.54) is 48.5 Å². The summed E-state index contributed by atoms with van der Waals surface area (Å²) in [6.45, 7) is 1.56. The van der Waals surface area contributed by atoms with Crippen LogP contribution in [0.15, 0.2) is 68.8 Å². The second kappa shape index (κ2) is 7.58. The smallest absolute Gasteiger partial charge is 0.269 e. The first kappa shape index (κ1) is 19.8. The Morgan fingerprint density at radius 1 is 1.14 bits per heavy atom. The van der Waals surface area contributed by atoms with E-state index in [2.05, 4.69) is 15.3 Å². The molecule has 1 atom stereocenters. The van der Waals surface area contributed by atoms with Crippen LogP contribution in [0.5, 0.6) is 0 Å². The van der Waals surface area contributed by atoms with Crippen LogP contribution in [0.2, 0.25) is 5.02 Å². The molecule has 0 radical (unpaired) electrons. The lowest BCUT2D eigenvalue weighted by molar-refractivity contribution is -0.127. The fourth-order valence-corrected chi connectivity index (χ4v) is 3.02. The molecule has 1 heterocycles. The van der Waals surface area contributed by atoms with E-state index in [4.69, 9.17) is 16.7 Å². The van der Waals surface area contributed by atoms with Crippen LogP contribution in [-0.2, 0) is 14.8 Å². The number of primary sulfonamides is 1. The summed E-state index contributed by atoms with van der Waals surface area (Å²) < 4.78 is 22.5. The van der Waals surface area contributed by atoms with E-state index in [0.29, 0.717) is 16.4 Å². The van der Waals surface area contributed by atoms with Crippen molar-refractivity contribution in [1.82, 2.24) is 5.01 Å². The first-order valence-electron chi connectivity index (χ1n) is 7.89. The van der Waals surface area contributed by atoms with E-state index in [9.17, 15) is 18.0 Å². The predicted octanol–water partition coefficient (Wildman–Crippen LogP) is 2.50. The first-order chi connectivity index (χ1) is 13.2. The maximum atomic E-state index is 12.5. The molecule has 2 N–H and O–H groups in total. The van der Waals surface area contributed by atoms with Gasteiger partial charge in [0.1, 0.15) is 0 Å². The summed E-state index contributed by atoms with van der Waals surface area (Å²) >= 11 is 5.80. The van der Waals surface area contributed by atoms with Gasteiger partial charge in [0.25, 0.3) is 11.8 Å². The maximum Gasteiger partial charge on any atom is 0.282 e. The number of hydrogen-bond donors (Lipinski definition) is 1. The van der Waals surface area contributed by atoms with Crippen LogP contribution in [0, 0.1) is 0 Å². The van der Waals surface area contributed by atoms with Crippen LogP contribution >= 0.6 is 11.6 Å². The molecule has 1 aliphatic rings. The molecule has 0 saturated heterocycles. The fraction of sp³-hybridized carbons (Fsp3) is 0.118. The minimum atomic E-state index is -3.81. The molecule has 28 heavy (non-hydrogen) atoms. The molecule has 2 aromatic rings. The summed E-state index contributed by atoms with van der Waals surface area (Å²) in [5.41, 5.74) is 0.873. The molecule has 144 valence electrons. The molecule has 9 nitrogen and oxygen atoms in total. The van der Waals surface area contributed by atoms with Gasteiger partial charge in [0.05, 0.1) is 16.3 Å². The number of hydrazone groups is 1. The highest BCUT2D eigenvalue weighted by molar-refractivity contribution is 7.89. The highest BCUT2D eigenvalue weighted by atomic mass is 35.5. The fourth-order valence-electron chi connectivity index (χ4n) is 2.38. The Morgan fingerprint density at radius 3 is 2.32 bits per heavy atom. The first-order valence-corrected chi connectivity index (χ1v) is 9.82. The zero-order chi connectivity index (χ0) is 20.5. The normalized spacial score (nSPS) is 17.2. The van der Waals surface area contributed by atoms with Crippen molar-refractivity contribution < 1.29 is 18.0 Å². The number of hydrogen-bond acceptors (Lipinski definition) is 7. The Labute approximate surface area is 165 Å². The Bertz CT molecular complexity index is 1100. The van der Waals surface area contributed by atoms with Gasteiger partial charge in [-0.05, 0) is 55.5 Å². The monoisotopic (exact) mass is 419 g/mol. The lowest BCUT2D eigenvalue weighted by atomic mass is 10.2. The molecule has 0 bridgehead atoms. The summed E-state index contributed by atoms with van der Waals surface area (Å²) in [6, 6.07) is 10.3. The van der Waals surface area contributed by atoms with E-state index in [1.807, 2.05) is 0 Å². The highest BCUT2D eigenvalue weighted by Gasteiger charge is 2.38. The van der Waals surface area contributed by atoms with Crippen LogP contribution in [0.3, 0.4) is 0 Å². The van der Waals surface area contributed by atoms with Crippen molar-refractivity contribution in [3.05, 3.63) is 59.1 Å². The summed E-state index contributed by atoms with van der Waals surface area (Å²) in [4.78, 5) is 24.9. The van der Waals surface area contributed by atoms with Gasteiger partial charge in [-0.15, -0.1) is 0 Å². The maximum absolute atomic E-state index is 12.5. The molecule has 1 unspecified atom stereocenters. The topological polar surface area (TPSA) is 135 Å². The summed E-state index contributed by atoms with van der Waals surface area (Å²) in [7, 11) is -3.81. The molecule has 11 heteroatoms. The Kier molecular flexibility index (Phi) is 5.36. The lowest BCUT2D eigenvalue weighted by Crippen LogP contribution is -2.34. The van der Waals surface area contributed by atoms with E-state index < -0.39 is 27.9 Å². The minimum absolute atomic E-state index is 0.0686. The third kappa shape index (κ3) is 4.14. The second-order valence-corrected chi connectivity index (χ2v) is 7.86. The zero-order valence-electron chi connectivity index (χ0n) is 14.5. The van der Waals surface area contributed by atoms with Gasteiger partial charge >= 0.3 is 0 Å². The summed E-state index contributed by atoms with van der Waals surface area (Å²) in [6.07, 6.45) is 0. The summed E-state index contributed by atoms with van der Waals surface area (Å²) in [5.74, 6) is -1.24. The van der Waals surface area contributed by atoms with Crippen molar-refractivity contribution in [3.63, 3.8) is 0 Å². The number of nitrogens with two attached hydrogens (primary N) is 1. The van der Waals surface area contributed by atoms with Crippen LogP contribution in [-0.4, -0.2) is 37.0 Å². The molecule has 2 amide bonds. The molecular formula is C17H14ClN5O4S. The van der Waals surface area contributed by atoms with Gasteiger partial charge in [0.15, 0.2) is 6.04 Å². The average Bonchev–Trinajstić information content (AvgIpc) is 2.93. The molecule has 0 spiro atoms. The average molecular weight is 420 g/mol. The predicted molar refractivity (Wildman–Crippen MR) is 102 cm³/mol. The Morgan fingerprint density at radius 2 is 1.75 bits per heavy atom. The quantitative estimate of drug-likeness (QED) is 0.601. The Balaban J connectivity index is 1.76. The van der Waals surface area contributed by atoms with E-state index >= 15 is 0 Å². The van der Waals surface area contributed by atoms with Crippen molar-refractivity contribution >= 4 is 44.8 Å². The minimum Gasteiger partial charge on any atom is -0.269 e. The Hall–Kier alpha value is -2.95. The highest BCUT2D eigenvalue weighted by Crippen LogP contribution is 2.21. The molecular weight excluding hydrogens is 406 g/mol. The van der Waals surface area contributed by atoms with Crippen LogP contribution < -0.4 is 5.14 Å². The number of nitrogens with zero attached hydrogens (tertiary/aromatic N) is 4. The van der Waals surface area contributed by atoms with Crippen LogP contribution in [0.4, 0.5) is 5.69 Å². The molecule has 3 rings (SSSR count). The number of rotatable bonds is 4. The van der Waals surface area contributed by atoms with Gasteiger partial charge in [-0.3, -0.25) is 9.59 Å². The number of imide groups is 1. The number of sulfonamides is 1. The lowest BCUT2D eigenvalue weighted by Gasteiger charge is -2.10. The number of carbonyl (C=O) groups excluding carboxylic acids is 2. The van der Waals surface area contributed by atoms with Gasteiger partial charge < -0.3 is 0 Å². The molecule has 0 fully saturated rings. The zero-order valence-corrected chi connectivity index (χ0v) is 16.1. The van der Waals surface area contributed by atoms with Crippen molar-refractivity contribution in [2.24, 2.45) is 20.5 Å². The van der Waals surface area contributed by atoms with Gasteiger partial charge in [0.2, 0.25) is 10.0 Å². The largest absolute Gasteiger partial charge is 0.282 e. The summed E-state index contributed by atoms with van der Waals surface area (Å²) in [5, 5.41) is 18.1.